The second kappa shape index (κ2) is 12.3. The number of piperazine rings is 1. The van der Waals surface area contributed by atoms with Crippen molar-refractivity contribution in [3.63, 3.8) is 0 Å². The monoisotopic (exact) mass is 620 g/mol. The zero-order chi connectivity index (χ0) is 30.8. The highest BCUT2D eigenvalue weighted by Gasteiger charge is 2.38. The summed E-state index contributed by atoms with van der Waals surface area (Å²) in [5, 5.41) is 18.5. The Kier molecular flexibility index (Phi) is 8.67. The molecule has 1 aliphatic rings. The molecule has 2 heterocycles. The fourth-order valence-electron chi connectivity index (χ4n) is 5.11. The second-order valence-electron chi connectivity index (χ2n) is 10.2. The number of carbonyl (C=O) groups is 1. The molecule has 0 saturated carbocycles. The van der Waals surface area contributed by atoms with Gasteiger partial charge in [-0.05, 0) is 48.5 Å². The van der Waals surface area contributed by atoms with E-state index in [2.05, 4.69) is 15.4 Å². The van der Waals surface area contributed by atoms with Crippen LogP contribution in [0.15, 0.2) is 73.3 Å². The van der Waals surface area contributed by atoms with Gasteiger partial charge in [0.1, 0.15) is 29.9 Å². The number of rotatable bonds is 8. The van der Waals surface area contributed by atoms with Crippen LogP contribution in [0.2, 0.25) is 5.02 Å². The van der Waals surface area contributed by atoms with Crippen molar-refractivity contribution in [2.24, 2.45) is 0 Å². The molecule has 226 valence electrons. The van der Waals surface area contributed by atoms with Crippen LogP contribution in [0, 0.1) is 11.6 Å². The minimum atomic E-state index is -4.70. The third kappa shape index (κ3) is 7.12. The molecular weight excluding hydrogens is 595 g/mol. The van der Waals surface area contributed by atoms with Gasteiger partial charge in [-0.2, -0.15) is 18.3 Å². The molecule has 14 heteroatoms. The van der Waals surface area contributed by atoms with Gasteiger partial charge in [0, 0.05) is 66.3 Å². The van der Waals surface area contributed by atoms with Crippen molar-refractivity contribution in [1.82, 2.24) is 19.7 Å². The Morgan fingerprint density at radius 2 is 1.65 bits per heavy atom. The van der Waals surface area contributed by atoms with E-state index >= 15 is 0 Å². The molecular formula is C29H26ClF5N6O2. The third-order valence-corrected chi connectivity index (χ3v) is 7.44. The number of hydrogen-bond donors (Lipinski definition) is 2. The molecule has 1 unspecified atom stereocenters. The summed E-state index contributed by atoms with van der Waals surface area (Å²) in [4.78, 5) is 19.7. The highest BCUT2D eigenvalue weighted by Crippen LogP contribution is 2.39. The van der Waals surface area contributed by atoms with Crippen molar-refractivity contribution in [1.29, 1.82) is 0 Å². The Morgan fingerprint density at radius 3 is 2.28 bits per heavy atom. The first kappa shape index (κ1) is 30.4. The Balaban J connectivity index is 1.31. The van der Waals surface area contributed by atoms with Crippen LogP contribution in [0.25, 0.3) is 0 Å². The van der Waals surface area contributed by atoms with Crippen LogP contribution in [0.1, 0.15) is 21.5 Å². The lowest BCUT2D eigenvalue weighted by Gasteiger charge is -2.41. The maximum absolute atomic E-state index is 14.8. The van der Waals surface area contributed by atoms with E-state index in [4.69, 9.17) is 11.6 Å². The average molecular weight is 621 g/mol. The molecule has 1 aromatic heterocycles. The molecule has 0 spiro atoms. The molecule has 2 N–H and O–H groups in total. The summed E-state index contributed by atoms with van der Waals surface area (Å²) in [6, 6.07) is 12.4. The van der Waals surface area contributed by atoms with Gasteiger partial charge in [-0.1, -0.05) is 17.7 Å². The van der Waals surface area contributed by atoms with Gasteiger partial charge in [0.15, 0.2) is 0 Å². The second-order valence-corrected chi connectivity index (χ2v) is 10.6. The van der Waals surface area contributed by atoms with E-state index in [1.54, 1.807) is 9.80 Å². The summed E-state index contributed by atoms with van der Waals surface area (Å²) in [7, 11) is 0. The molecule has 1 fully saturated rings. The molecule has 4 aromatic rings. The minimum Gasteiger partial charge on any atom is -0.382 e. The smallest absolute Gasteiger partial charge is 0.382 e. The number of aromatic nitrogens is 3. The lowest BCUT2D eigenvalue weighted by atomic mass is 9.92. The largest absolute Gasteiger partial charge is 0.418 e. The van der Waals surface area contributed by atoms with Gasteiger partial charge in [-0.25, -0.2) is 18.4 Å². The first-order valence-electron chi connectivity index (χ1n) is 13.2. The molecule has 43 heavy (non-hydrogen) atoms. The standard InChI is InChI=1S/C29H26ClF5N6O2/c30-20-3-1-19(2-4-20)27(42)38-22-6-8-26(24(14-22)29(33,34)35)40-11-9-39(10-12-40)15-28(43,16-41-18-36-17-37-41)23-7-5-21(31)13-25(23)32/h1-8,13-14,17-18,43H,9-12,15-16H2,(H,38,42). The van der Waals surface area contributed by atoms with Crippen LogP contribution in [-0.2, 0) is 18.3 Å². The highest BCUT2D eigenvalue weighted by atomic mass is 35.5. The van der Waals surface area contributed by atoms with Crippen LogP contribution in [-0.4, -0.2) is 63.4 Å². The quantitative estimate of drug-likeness (QED) is 0.264. The van der Waals surface area contributed by atoms with Crippen molar-refractivity contribution < 1.29 is 31.9 Å². The Labute approximate surface area is 248 Å². The van der Waals surface area contributed by atoms with Crippen molar-refractivity contribution in [2.75, 3.05) is 42.9 Å². The number of anilines is 2. The number of nitrogens with one attached hydrogen (secondary N) is 1. The SMILES string of the molecule is O=C(Nc1ccc(N2CCN(CC(O)(Cn3cncn3)c3ccc(F)cc3F)CC2)c(C(F)(F)F)c1)c1ccc(Cl)cc1. The summed E-state index contributed by atoms with van der Waals surface area (Å²) in [6.07, 6.45) is -2.09. The Morgan fingerprint density at radius 1 is 0.930 bits per heavy atom. The van der Waals surface area contributed by atoms with Gasteiger partial charge in [0.05, 0.1) is 12.1 Å². The topological polar surface area (TPSA) is 86.5 Å². The Bertz CT molecular complexity index is 1580. The molecule has 1 atom stereocenters. The molecule has 0 radical (unpaired) electrons. The number of halogens is 6. The van der Waals surface area contributed by atoms with E-state index in [1.807, 2.05) is 0 Å². The predicted molar refractivity (Wildman–Crippen MR) is 150 cm³/mol. The average Bonchev–Trinajstić information content (AvgIpc) is 3.46. The fourth-order valence-corrected chi connectivity index (χ4v) is 5.23. The van der Waals surface area contributed by atoms with E-state index in [9.17, 15) is 31.9 Å². The zero-order valence-corrected chi connectivity index (χ0v) is 23.3. The van der Waals surface area contributed by atoms with Crippen LogP contribution < -0.4 is 10.2 Å². The number of β-amino-alcohol motifs (C(OH)–C–C–N with tert-alkyl or cyclic N) is 1. The molecule has 1 saturated heterocycles. The first-order chi connectivity index (χ1) is 20.4. The van der Waals surface area contributed by atoms with E-state index in [0.717, 1.165) is 12.1 Å². The fraction of sp³-hybridized carbons (Fsp3) is 0.276. The van der Waals surface area contributed by atoms with E-state index in [1.165, 1.54) is 59.8 Å². The number of carbonyl (C=O) groups excluding carboxylic acids is 1. The zero-order valence-electron chi connectivity index (χ0n) is 22.5. The number of aliphatic hydroxyl groups is 1. The minimum absolute atomic E-state index is 0.0193. The van der Waals surface area contributed by atoms with Crippen LogP contribution in [0.4, 0.5) is 33.3 Å². The maximum atomic E-state index is 14.8. The van der Waals surface area contributed by atoms with Crippen molar-refractivity contribution in [3.05, 3.63) is 107 Å². The van der Waals surface area contributed by atoms with E-state index in [0.29, 0.717) is 11.1 Å². The summed E-state index contributed by atoms with van der Waals surface area (Å²) >= 11 is 5.84. The van der Waals surface area contributed by atoms with Gasteiger partial charge >= 0.3 is 6.18 Å². The lowest BCUT2D eigenvalue weighted by Crippen LogP contribution is -2.52. The van der Waals surface area contributed by atoms with Crippen molar-refractivity contribution in [2.45, 2.75) is 18.3 Å². The van der Waals surface area contributed by atoms with Crippen molar-refractivity contribution >= 4 is 28.9 Å². The molecule has 1 aliphatic heterocycles. The summed E-state index contributed by atoms with van der Waals surface area (Å²) in [5.41, 5.74) is -2.72. The van der Waals surface area contributed by atoms with Crippen LogP contribution >= 0.6 is 11.6 Å². The first-order valence-corrected chi connectivity index (χ1v) is 13.5. The molecule has 5 rings (SSSR count). The molecule has 1 amide bonds. The molecule has 0 aliphatic carbocycles. The maximum Gasteiger partial charge on any atom is 0.418 e. The van der Waals surface area contributed by atoms with E-state index < -0.39 is 34.9 Å². The molecule has 8 nitrogen and oxygen atoms in total. The van der Waals surface area contributed by atoms with Gasteiger partial charge < -0.3 is 15.3 Å². The normalized spacial score (nSPS) is 15.7. The summed E-state index contributed by atoms with van der Waals surface area (Å²) in [5.74, 6) is -2.31. The van der Waals surface area contributed by atoms with Crippen molar-refractivity contribution in [3.8, 4) is 0 Å². The van der Waals surface area contributed by atoms with Crippen LogP contribution in [0.5, 0.6) is 0 Å². The predicted octanol–water partition coefficient (Wildman–Crippen LogP) is 5.19. The van der Waals surface area contributed by atoms with E-state index in [-0.39, 0.29) is 61.8 Å². The molecule has 0 bridgehead atoms. The van der Waals surface area contributed by atoms with Gasteiger partial charge in [-0.15, -0.1) is 0 Å². The number of amides is 1. The summed E-state index contributed by atoms with van der Waals surface area (Å²) < 4.78 is 72.1. The highest BCUT2D eigenvalue weighted by molar-refractivity contribution is 6.30. The van der Waals surface area contributed by atoms with Gasteiger partial charge in [0.25, 0.3) is 5.91 Å². The molecule has 3 aromatic carbocycles. The Hall–Kier alpha value is -4.07. The van der Waals surface area contributed by atoms with Crippen LogP contribution in [0.3, 0.4) is 0 Å². The lowest BCUT2D eigenvalue weighted by molar-refractivity contribution is -0.137. The third-order valence-electron chi connectivity index (χ3n) is 7.19. The van der Waals surface area contributed by atoms with Gasteiger partial charge in [0.2, 0.25) is 0 Å². The summed E-state index contributed by atoms with van der Waals surface area (Å²) in [6.45, 7) is 0.557. The number of benzene rings is 3. The number of alkyl halides is 3. The number of hydrogen-bond acceptors (Lipinski definition) is 6. The van der Waals surface area contributed by atoms with Gasteiger partial charge in [-0.3, -0.25) is 9.69 Å². The number of nitrogens with zero attached hydrogens (tertiary/aromatic N) is 5.